The van der Waals surface area contributed by atoms with E-state index in [1.807, 2.05) is 38.1 Å². The standard InChI is InChI=1S/C28H36N2O5/c1-4-20(16-26(31)29-19(3)11-9-10-18(2)27(32)33)30-28(34)35-17-25-23-14-7-5-12-21(23)22-13-6-8-15-24(22)25/h5-8,12-15,18-20,25H,4,9-11,16-17H2,1-3H3,(H,29,31)(H,30,34)(H,32,33)/t18?,19?,20-/m0/s1. The van der Waals surface area contributed by atoms with Gasteiger partial charge in [0.15, 0.2) is 0 Å². The number of hydrogen-bond acceptors (Lipinski definition) is 4. The predicted octanol–water partition coefficient (Wildman–Crippen LogP) is 5.09. The van der Waals surface area contributed by atoms with Gasteiger partial charge in [0.1, 0.15) is 6.61 Å². The van der Waals surface area contributed by atoms with Crippen LogP contribution in [0.1, 0.15) is 69.9 Å². The van der Waals surface area contributed by atoms with Gasteiger partial charge in [0.2, 0.25) is 5.91 Å². The molecule has 0 saturated heterocycles. The highest BCUT2D eigenvalue weighted by atomic mass is 16.5. The van der Waals surface area contributed by atoms with Crippen LogP contribution in [0.15, 0.2) is 48.5 Å². The van der Waals surface area contributed by atoms with Crippen LogP contribution in [0.4, 0.5) is 4.79 Å². The van der Waals surface area contributed by atoms with Crippen molar-refractivity contribution in [2.24, 2.45) is 5.92 Å². The number of alkyl carbamates (subject to hydrolysis) is 1. The molecule has 0 aromatic heterocycles. The van der Waals surface area contributed by atoms with Gasteiger partial charge < -0.3 is 20.5 Å². The van der Waals surface area contributed by atoms with E-state index in [9.17, 15) is 14.4 Å². The Labute approximate surface area is 207 Å². The van der Waals surface area contributed by atoms with Gasteiger partial charge in [0.25, 0.3) is 0 Å². The van der Waals surface area contributed by atoms with E-state index in [0.717, 1.165) is 17.5 Å². The molecule has 3 N–H and O–H groups in total. The van der Waals surface area contributed by atoms with Crippen LogP contribution in [0.5, 0.6) is 0 Å². The van der Waals surface area contributed by atoms with Gasteiger partial charge >= 0.3 is 12.1 Å². The molecule has 3 atom stereocenters. The maximum absolute atomic E-state index is 12.5. The largest absolute Gasteiger partial charge is 0.481 e. The number of rotatable bonds is 12. The zero-order valence-electron chi connectivity index (χ0n) is 20.8. The van der Waals surface area contributed by atoms with Crippen molar-refractivity contribution in [1.29, 1.82) is 0 Å². The van der Waals surface area contributed by atoms with Crippen molar-refractivity contribution in [1.82, 2.24) is 10.6 Å². The van der Waals surface area contributed by atoms with Gasteiger partial charge in [-0.25, -0.2) is 4.79 Å². The molecule has 7 nitrogen and oxygen atoms in total. The summed E-state index contributed by atoms with van der Waals surface area (Å²) >= 11 is 0. The number of carboxylic acids is 1. The van der Waals surface area contributed by atoms with Gasteiger partial charge in [0, 0.05) is 24.4 Å². The Morgan fingerprint density at radius 2 is 1.54 bits per heavy atom. The molecule has 1 aliphatic carbocycles. The van der Waals surface area contributed by atoms with Gasteiger partial charge in [-0.2, -0.15) is 0 Å². The van der Waals surface area contributed by atoms with Gasteiger partial charge in [-0.1, -0.05) is 68.8 Å². The topological polar surface area (TPSA) is 105 Å². The molecule has 7 heteroatoms. The number of amides is 2. The highest BCUT2D eigenvalue weighted by Crippen LogP contribution is 2.44. The molecule has 3 rings (SSSR count). The number of aliphatic carboxylic acids is 1. The van der Waals surface area contributed by atoms with Crippen LogP contribution in [0.2, 0.25) is 0 Å². The minimum Gasteiger partial charge on any atom is -0.481 e. The fourth-order valence-corrected chi connectivity index (χ4v) is 4.59. The lowest BCUT2D eigenvalue weighted by atomic mass is 9.98. The molecule has 2 unspecified atom stereocenters. The van der Waals surface area contributed by atoms with Crippen molar-refractivity contribution < 1.29 is 24.2 Å². The van der Waals surface area contributed by atoms with Crippen molar-refractivity contribution in [3.63, 3.8) is 0 Å². The van der Waals surface area contributed by atoms with Crippen LogP contribution in [0.3, 0.4) is 0 Å². The number of carboxylic acid groups (broad SMARTS) is 1. The first-order valence-electron chi connectivity index (χ1n) is 12.4. The summed E-state index contributed by atoms with van der Waals surface area (Å²) in [6, 6.07) is 16.0. The molecule has 0 radical (unpaired) electrons. The van der Waals surface area contributed by atoms with E-state index in [0.29, 0.717) is 19.3 Å². The molecule has 2 aromatic carbocycles. The van der Waals surface area contributed by atoms with E-state index in [-0.39, 0.29) is 42.9 Å². The zero-order chi connectivity index (χ0) is 25.4. The van der Waals surface area contributed by atoms with Crippen molar-refractivity contribution in [2.75, 3.05) is 6.61 Å². The Bertz CT molecular complexity index is 992. The highest BCUT2D eigenvalue weighted by molar-refractivity contribution is 5.79. The number of fused-ring (bicyclic) bond motifs is 3. The Morgan fingerprint density at radius 1 is 0.943 bits per heavy atom. The first-order chi connectivity index (χ1) is 16.8. The normalized spacial score (nSPS) is 14.8. The molecule has 188 valence electrons. The molecule has 0 fully saturated rings. The summed E-state index contributed by atoms with van der Waals surface area (Å²) in [5.41, 5.74) is 4.65. The summed E-state index contributed by atoms with van der Waals surface area (Å²) in [4.78, 5) is 35.9. The van der Waals surface area contributed by atoms with Gasteiger partial charge in [0.05, 0.1) is 5.92 Å². The van der Waals surface area contributed by atoms with Crippen molar-refractivity contribution in [3.8, 4) is 11.1 Å². The number of carbonyl (C=O) groups excluding carboxylic acids is 2. The third-order valence-corrected chi connectivity index (χ3v) is 6.69. The number of ether oxygens (including phenoxy) is 1. The van der Waals surface area contributed by atoms with Gasteiger partial charge in [-0.15, -0.1) is 0 Å². The first-order valence-corrected chi connectivity index (χ1v) is 12.4. The zero-order valence-corrected chi connectivity index (χ0v) is 20.8. The molecule has 35 heavy (non-hydrogen) atoms. The third kappa shape index (κ3) is 7.07. The van der Waals surface area contributed by atoms with Crippen LogP contribution < -0.4 is 10.6 Å². The molecule has 2 aromatic rings. The SMILES string of the molecule is CC[C@@H](CC(=O)NC(C)CCCC(C)C(=O)O)NC(=O)OCC1c2ccccc2-c2ccccc21. The minimum atomic E-state index is -0.799. The smallest absolute Gasteiger partial charge is 0.407 e. The van der Waals surface area contributed by atoms with Crippen LogP contribution in [-0.4, -0.2) is 41.8 Å². The number of benzene rings is 2. The number of hydrogen-bond donors (Lipinski definition) is 3. The van der Waals surface area contributed by atoms with E-state index >= 15 is 0 Å². The van der Waals surface area contributed by atoms with Crippen molar-refractivity contribution in [2.45, 2.75) is 70.9 Å². The number of carbonyl (C=O) groups is 3. The lowest BCUT2D eigenvalue weighted by molar-refractivity contribution is -0.141. The summed E-state index contributed by atoms with van der Waals surface area (Å²) in [6.07, 6.45) is 2.25. The Morgan fingerprint density at radius 3 is 2.11 bits per heavy atom. The van der Waals surface area contributed by atoms with E-state index in [1.165, 1.54) is 11.1 Å². The quantitative estimate of drug-likeness (QED) is 0.392. The van der Waals surface area contributed by atoms with E-state index < -0.39 is 12.1 Å². The molecule has 0 bridgehead atoms. The minimum absolute atomic E-state index is 0.0128. The van der Waals surface area contributed by atoms with E-state index in [2.05, 4.69) is 34.9 Å². The maximum atomic E-state index is 12.5. The third-order valence-electron chi connectivity index (χ3n) is 6.69. The van der Waals surface area contributed by atoms with Crippen molar-refractivity contribution in [3.05, 3.63) is 59.7 Å². The highest BCUT2D eigenvalue weighted by Gasteiger charge is 2.29. The van der Waals surface area contributed by atoms with Gasteiger partial charge in [-0.3, -0.25) is 9.59 Å². The first kappa shape index (κ1) is 26.3. The van der Waals surface area contributed by atoms with Crippen LogP contribution in [-0.2, 0) is 14.3 Å². The molecule has 0 saturated carbocycles. The van der Waals surface area contributed by atoms with Crippen LogP contribution in [0, 0.1) is 5.92 Å². The predicted molar refractivity (Wildman–Crippen MR) is 135 cm³/mol. The average molecular weight is 481 g/mol. The summed E-state index contributed by atoms with van der Waals surface area (Å²) < 4.78 is 5.60. The van der Waals surface area contributed by atoms with E-state index in [4.69, 9.17) is 9.84 Å². The summed E-state index contributed by atoms with van der Waals surface area (Å²) in [5.74, 6) is -1.34. The molecule has 0 spiro atoms. The Balaban J connectivity index is 1.45. The molecule has 1 aliphatic rings. The summed E-state index contributed by atoms with van der Waals surface area (Å²) in [7, 11) is 0. The molecule has 0 heterocycles. The van der Waals surface area contributed by atoms with Crippen LogP contribution in [0.25, 0.3) is 11.1 Å². The van der Waals surface area contributed by atoms with Crippen LogP contribution >= 0.6 is 0 Å². The summed E-state index contributed by atoms with van der Waals surface area (Å²) in [5, 5.41) is 14.7. The molecular formula is C28H36N2O5. The monoisotopic (exact) mass is 480 g/mol. The molecular weight excluding hydrogens is 444 g/mol. The second-order valence-corrected chi connectivity index (χ2v) is 9.42. The maximum Gasteiger partial charge on any atom is 0.407 e. The fourth-order valence-electron chi connectivity index (χ4n) is 4.59. The number of nitrogens with one attached hydrogen (secondary N) is 2. The Kier molecular flexibility index (Phi) is 9.29. The molecule has 2 amide bonds. The fraction of sp³-hybridized carbons (Fsp3) is 0.464. The lowest BCUT2D eigenvalue weighted by Crippen LogP contribution is -2.41. The second kappa shape index (κ2) is 12.4. The Hall–Kier alpha value is -3.35. The average Bonchev–Trinajstić information content (AvgIpc) is 3.15. The summed E-state index contributed by atoms with van der Waals surface area (Å²) in [6.45, 7) is 5.74. The lowest BCUT2D eigenvalue weighted by Gasteiger charge is -2.20. The second-order valence-electron chi connectivity index (χ2n) is 9.42. The van der Waals surface area contributed by atoms with Crippen molar-refractivity contribution >= 4 is 18.0 Å². The molecule has 0 aliphatic heterocycles. The van der Waals surface area contributed by atoms with E-state index in [1.54, 1.807) is 6.92 Å². The van der Waals surface area contributed by atoms with Gasteiger partial charge in [-0.05, 0) is 48.4 Å².